The first kappa shape index (κ1) is 17.3. The van der Waals surface area contributed by atoms with Gasteiger partial charge in [0.25, 0.3) is 0 Å². The molecule has 1 unspecified atom stereocenters. The van der Waals surface area contributed by atoms with E-state index >= 15 is 0 Å². The van der Waals surface area contributed by atoms with Crippen molar-refractivity contribution in [3.63, 3.8) is 0 Å². The van der Waals surface area contributed by atoms with Crippen molar-refractivity contribution in [1.82, 2.24) is 4.98 Å². The van der Waals surface area contributed by atoms with Gasteiger partial charge in [0.05, 0.1) is 29.5 Å². The van der Waals surface area contributed by atoms with Gasteiger partial charge in [0.2, 0.25) is 6.29 Å². The predicted octanol–water partition coefficient (Wildman–Crippen LogP) is 2.91. The maximum absolute atomic E-state index is 12.9. The van der Waals surface area contributed by atoms with Crippen molar-refractivity contribution in [3.05, 3.63) is 40.3 Å². The molecule has 0 amide bonds. The summed E-state index contributed by atoms with van der Waals surface area (Å²) in [7, 11) is 1.51. The van der Waals surface area contributed by atoms with E-state index in [1.165, 1.54) is 11.3 Å². The van der Waals surface area contributed by atoms with Crippen LogP contribution in [0.1, 0.15) is 16.2 Å². The molecule has 8 heteroatoms. The average molecular weight is 367 g/mol. The zero-order valence-electron chi connectivity index (χ0n) is 14.0. The SMILES string of the molecule is CN(C)c1ccc(S(C)(=O)=NCc2cnc(C3OCCO3)s2)cc1. The summed E-state index contributed by atoms with van der Waals surface area (Å²) < 4.78 is 28.1. The van der Waals surface area contributed by atoms with E-state index in [1.54, 1.807) is 12.5 Å². The van der Waals surface area contributed by atoms with E-state index in [4.69, 9.17) is 9.47 Å². The summed E-state index contributed by atoms with van der Waals surface area (Å²) >= 11 is 1.49. The van der Waals surface area contributed by atoms with Crippen LogP contribution in [0.3, 0.4) is 0 Å². The summed E-state index contributed by atoms with van der Waals surface area (Å²) in [6.07, 6.45) is 3.05. The Kier molecular flexibility index (Phi) is 5.19. The molecule has 0 radical (unpaired) electrons. The Hall–Kier alpha value is -1.48. The second kappa shape index (κ2) is 7.18. The van der Waals surface area contributed by atoms with Crippen LogP contribution in [0, 0.1) is 0 Å². The Morgan fingerprint density at radius 3 is 2.58 bits per heavy atom. The Bertz CT molecular complexity index is 802. The van der Waals surface area contributed by atoms with Gasteiger partial charge in [-0.05, 0) is 24.3 Å². The number of benzene rings is 1. The van der Waals surface area contributed by atoms with E-state index in [2.05, 4.69) is 9.35 Å². The Labute approximate surface area is 146 Å². The van der Waals surface area contributed by atoms with Crippen LogP contribution in [-0.2, 0) is 25.7 Å². The summed E-state index contributed by atoms with van der Waals surface area (Å²) in [6.45, 7) is 1.56. The summed E-state index contributed by atoms with van der Waals surface area (Å²) in [5.74, 6) is 0. The fourth-order valence-electron chi connectivity index (χ4n) is 2.26. The number of hydrogen-bond donors (Lipinski definition) is 0. The van der Waals surface area contributed by atoms with Crippen molar-refractivity contribution in [3.8, 4) is 0 Å². The zero-order chi connectivity index (χ0) is 17.2. The molecule has 0 N–H and O–H groups in total. The zero-order valence-corrected chi connectivity index (χ0v) is 15.6. The van der Waals surface area contributed by atoms with Gasteiger partial charge >= 0.3 is 0 Å². The highest BCUT2D eigenvalue weighted by Crippen LogP contribution is 2.28. The van der Waals surface area contributed by atoms with Crippen molar-refractivity contribution in [2.45, 2.75) is 17.7 Å². The van der Waals surface area contributed by atoms with Gasteiger partial charge in [-0.2, -0.15) is 0 Å². The van der Waals surface area contributed by atoms with Gasteiger partial charge in [-0.3, -0.25) is 0 Å². The van der Waals surface area contributed by atoms with Crippen molar-refractivity contribution in [2.75, 3.05) is 38.5 Å². The van der Waals surface area contributed by atoms with Crippen LogP contribution >= 0.6 is 11.3 Å². The van der Waals surface area contributed by atoms with Crippen LogP contribution in [0.15, 0.2) is 39.7 Å². The molecular weight excluding hydrogens is 346 g/mol. The van der Waals surface area contributed by atoms with E-state index in [0.717, 1.165) is 20.5 Å². The number of rotatable bonds is 5. The summed E-state index contributed by atoms with van der Waals surface area (Å²) in [4.78, 5) is 8.00. The molecule has 0 spiro atoms. The van der Waals surface area contributed by atoms with Crippen molar-refractivity contribution < 1.29 is 13.7 Å². The van der Waals surface area contributed by atoms with Crippen molar-refractivity contribution >= 4 is 26.8 Å². The third kappa shape index (κ3) is 3.94. The molecule has 1 aromatic carbocycles. The summed E-state index contributed by atoms with van der Waals surface area (Å²) in [5, 5.41) is 0.788. The van der Waals surface area contributed by atoms with Gasteiger partial charge < -0.3 is 14.4 Å². The molecule has 6 nitrogen and oxygen atoms in total. The van der Waals surface area contributed by atoms with Gasteiger partial charge in [0.1, 0.15) is 5.01 Å². The molecule has 1 aliphatic rings. The fourth-order valence-corrected chi connectivity index (χ4v) is 4.36. The van der Waals surface area contributed by atoms with E-state index in [1.807, 2.05) is 43.3 Å². The molecule has 130 valence electrons. The van der Waals surface area contributed by atoms with Crippen LogP contribution < -0.4 is 4.90 Å². The Balaban J connectivity index is 1.73. The molecular formula is C16H21N3O3S2. The normalized spacial score (nSPS) is 17.6. The van der Waals surface area contributed by atoms with Gasteiger partial charge in [0, 0.05) is 42.0 Å². The highest BCUT2D eigenvalue weighted by molar-refractivity contribution is 7.93. The summed E-state index contributed by atoms with van der Waals surface area (Å²) in [5.41, 5.74) is 1.07. The highest BCUT2D eigenvalue weighted by Gasteiger charge is 2.21. The number of aromatic nitrogens is 1. The maximum atomic E-state index is 12.9. The van der Waals surface area contributed by atoms with Gasteiger partial charge in [-0.15, -0.1) is 11.3 Å². The van der Waals surface area contributed by atoms with Gasteiger partial charge in [-0.25, -0.2) is 13.6 Å². The average Bonchev–Trinajstić information content (AvgIpc) is 3.24. The second-order valence-corrected chi connectivity index (χ2v) is 9.20. The van der Waals surface area contributed by atoms with E-state index in [-0.39, 0.29) is 6.29 Å². The first-order valence-electron chi connectivity index (χ1n) is 7.59. The third-order valence-corrected chi connectivity index (χ3v) is 6.42. The smallest absolute Gasteiger partial charge is 0.211 e. The lowest BCUT2D eigenvalue weighted by atomic mass is 10.3. The Morgan fingerprint density at radius 1 is 1.29 bits per heavy atom. The molecule has 0 aliphatic carbocycles. The molecule has 1 aromatic heterocycles. The first-order chi connectivity index (χ1) is 11.5. The lowest BCUT2D eigenvalue weighted by molar-refractivity contribution is -0.0442. The van der Waals surface area contributed by atoms with Gasteiger partial charge in [0.15, 0.2) is 0 Å². The molecule has 1 fully saturated rings. The number of thiazole rings is 1. The van der Waals surface area contributed by atoms with Crippen LogP contribution in [0.5, 0.6) is 0 Å². The number of ether oxygens (including phenoxy) is 2. The van der Waals surface area contributed by atoms with Crippen LogP contribution in [0.2, 0.25) is 0 Å². The molecule has 0 bridgehead atoms. The van der Waals surface area contributed by atoms with Crippen molar-refractivity contribution in [2.24, 2.45) is 4.36 Å². The maximum Gasteiger partial charge on any atom is 0.211 e. The highest BCUT2D eigenvalue weighted by atomic mass is 32.2. The topological polar surface area (TPSA) is 64.0 Å². The molecule has 1 saturated heterocycles. The molecule has 2 aromatic rings. The lowest BCUT2D eigenvalue weighted by Gasteiger charge is -2.13. The number of nitrogens with zero attached hydrogens (tertiary/aromatic N) is 3. The van der Waals surface area contributed by atoms with E-state index in [0.29, 0.717) is 19.8 Å². The fraction of sp³-hybridized carbons (Fsp3) is 0.438. The molecule has 24 heavy (non-hydrogen) atoms. The first-order valence-corrected chi connectivity index (χ1v) is 10.3. The predicted molar refractivity (Wildman–Crippen MR) is 96.0 cm³/mol. The third-order valence-electron chi connectivity index (χ3n) is 3.65. The van der Waals surface area contributed by atoms with Gasteiger partial charge in [-0.1, -0.05) is 0 Å². The molecule has 1 aliphatic heterocycles. The number of anilines is 1. The lowest BCUT2D eigenvalue weighted by Crippen LogP contribution is -2.08. The minimum atomic E-state index is -2.44. The molecule has 3 rings (SSSR count). The quantitative estimate of drug-likeness (QED) is 0.813. The largest absolute Gasteiger partial charge is 0.378 e. The van der Waals surface area contributed by atoms with Crippen LogP contribution in [-0.4, -0.2) is 42.8 Å². The molecule has 1 atom stereocenters. The molecule has 2 heterocycles. The minimum Gasteiger partial charge on any atom is -0.378 e. The standard InChI is InChI=1S/C16H21N3O3S2/c1-19(2)12-4-6-14(7-5-12)24(3,20)18-11-13-10-17-15(23-13)16-21-8-9-22-16/h4-7,10,16H,8-9,11H2,1-3H3. The van der Waals surface area contributed by atoms with Crippen LogP contribution in [0.25, 0.3) is 0 Å². The van der Waals surface area contributed by atoms with E-state index in [9.17, 15) is 4.21 Å². The molecule has 0 saturated carbocycles. The van der Waals surface area contributed by atoms with E-state index < -0.39 is 9.73 Å². The minimum absolute atomic E-state index is 0.367. The van der Waals surface area contributed by atoms with Crippen LogP contribution in [0.4, 0.5) is 5.69 Å². The monoisotopic (exact) mass is 367 g/mol. The Morgan fingerprint density at radius 2 is 1.96 bits per heavy atom. The number of hydrogen-bond acceptors (Lipinski definition) is 7. The second-order valence-electron chi connectivity index (χ2n) is 5.72. The summed E-state index contributed by atoms with van der Waals surface area (Å²) in [6, 6.07) is 7.65. The van der Waals surface area contributed by atoms with Crippen molar-refractivity contribution in [1.29, 1.82) is 0 Å².